The van der Waals surface area contributed by atoms with Crippen LogP contribution in [0.2, 0.25) is 0 Å². The number of sulfonamides is 1. The lowest BCUT2D eigenvalue weighted by atomic mass is 10.2. The molecular formula is C15H10F5NO3S. The van der Waals surface area contributed by atoms with Crippen molar-refractivity contribution in [2.24, 2.45) is 0 Å². The third-order valence-corrected chi connectivity index (χ3v) is 4.47. The molecule has 2 aromatic rings. The van der Waals surface area contributed by atoms with Crippen LogP contribution in [0, 0.1) is 29.1 Å². The van der Waals surface area contributed by atoms with Crippen LogP contribution in [0.25, 0.3) is 6.08 Å². The molecule has 25 heavy (non-hydrogen) atoms. The number of hydrogen-bond donors (Lipinski definition) is 2. The van der Waals surface area contributed by atoms with Crippen molar-refractivity contribution in [2.45, 2.75) is 11.8 Å². The van der Waals surface area contributed by atoms with Crippen molar-refractivity contribution >= 4 is 21.8 Å². The molecule has 0 atom stereocenters. The van der Waals surface area contributed by atoms with Crippen LogP contribution in [0.4, 0.5) is 27.6 Å². The van der Waals surface area contributed by atoms with E-state index in [1.54, 1.807) is 17.7 Å². The van der Waals surface area contributed by atoms with Crippen molar-refractivity contribution in [3.63, 3.8) is 0 Å². The molecule has 0 aliphatic carbocycles. The Hall–Kier alpha value is -2.62. The van der Waals surface area contributed by atoms with Gasteiger partial charge in [-0.05, 0) is 19.1 Å². The molecule has 2 N–H and O–H groups in total. The maximum atomic E-state index is 13.6. The van der Waals surface area contributed by atoms with Crippen molar-refractivity contribution in [3.05, 3.63) is 58.9 Å². The molecule has 0 bridgehead atoms. The van der Waals surface area contributed by atoms with Gasteiger partial charge in [-0.2, -0.15) is 0 Å². The minimum absolute atomic E-state index is 0.321. The van der Waals surface area contributed by atoms with E-state index in [-0.39, 0.29) is 11.4 Å². The van der Waals surface area contributed by atoms with Crippen molar-refractivity contribution in [1.82, 2.24) is 0 Å². The zero-order valence-electron chi connectivity index (χ0n) is 12.4. The summed E-state index contributed by atoms with van der Waals surface area (Å²) in [6.07, 6.45) is 3.09. The Morgan fingerprint density at radius 1 is 0.960 bits per heavy atom. The van der Waals surface area contributed by atoms with Crippen molar-refractivity contribution in [2.75, 3.05) is 4.72 Å². The summed E-state index contributed by atoms with van der Waals surface area (Å²) >= 11 is 0. The number of halogens is 5. The summed E-state index contributed by atoms with van der Waals surface area (Å²) in [5.41, 5.74) is -0.0172. The van der Waals surface area contributed by atoms with Gasteiger partial charge in [-0.15, -0.1) is 0 Å². The molecule has 0 heterocycles. The lowest BCUT2D eigenvalue weighted by Crippen LogP contribution is -2.19. The maximum Gasteiger partial charge on any atom is 0.267 e. The molecule has 134 valence electrons. The summed E-state index contributed by atoms with van der Waals surface area (Å²) in [7, 11) is -5.15. The summed E-state index contributed by atoms with van der Waals surface area (Å²) in [6.45, 7) is 1.67. The molecule has 0 saturated heterocycles. The SMILES string of the molecule is C/C=C/c1ccc(NS(=O)(=O)c2c(F)c(F)c(F)c(F)c2F)cc1O. The maximum absolute atomic E-state index is 13.6. The van der Waals surface area contributed by atoms with Crippen molar-refractivity contribution in [1.29, 1.82) is 0 Å². The summed E-state index contributed by atoms with van der Waals surface area (Å²) in [4.78, 5) is -2.01. The average Bonchev–Trinajstić information content (AvgIpc) is 2.53. The van der Waals surface area contributed by atoms with Crippen LogP contribution < -0.4 is 4.72 Å². The number of rotatable bonds is 4. The van der Waals surface area contributed by atoms with Gasteiger partial charge >= 0.3 is 0 Å². The minimum atomic E-state index is -5.15. The van der Waals surface area contributed by atoms with E-state index in [1.807, 2.05) is 0 Å². The fraction of sp³-hybridized carbons (Fsp3) is 0.0667. The molecular weight excluding hydrogens is 369 g/mol. The third-order valence-electron chi connectivity index (χ3n) is 3.07. The van der Waals surface area contributed by atoms with Gasteiger partial charge < -0.3 is 5.11 Å². The van der Waals surface area contributed by atoms with E-state index in [0.29, 0.717) is 5.56 Å². The average molecular weight is 379 g/mol. The van der Waals surface area contributed by atoms with Gasteiger partial charge in [0.2, 0.25) is 5.82 Å². The number of anilines is 1. The topological polar surface area (TPSA) is 66.4 Å². The fourth-order valence-electron chi connectivity index (χ4n) is 1.95. The molecule has 0 radical (unpaired) electrons. The smallest absolute Gasteiger partial charge is 0.267 e. The number of benzene rings is 2. The first kappa shape index (κ1) is 18.7. The molecule has 0 amide bonds. The Bertz CT molecular complexity index is 945. The standard InChI is InChI=1S/C15H10F5NO3S/c1-2-3-7-4-5-8(6-9(7)22)21-25(23,24)15-13(19)11(17)10(16)12(18)14(15)20/h2-6,21-22H,1H3/b3-2+. The van der Waals surface area contributed by atoms with Crippen LogP contribution in [-0.2, 0) is 10.0 Å². The second-order valence-corrected chi connectivity index (χ2v) is 6.40. The van der Waals surface area contributed by atoms with Gasteiger partial charge in [0.25, 0.3) is 10.0 Å². The molecule has 2 rings (SSSR count). The highest BCUT2D eigenvalue weighted by molar-refractivity contribution is 7.92. The highest BCUT2D eigenvalue weighted by Gasteiger charge is 2.33. The Balaban J connectivity index is 2.53. The predicted octanol–water partition coefficient (Wildman–Crippen LogP) is 3.92. The van der Waals surface area contributed by atoms with Gasteiger partial charge in [-0.3, -0.25) is 4.72 Å². The molecule has 0 saturated carbocycles. The second kappa shape index (κ2) is 6.71. The summed E-state index contributed by atoms with van der Waals surface area (Å²) in [5, 5.41) is 9.72. The molecule has 0 unspecified atom stereocenters. The van der Waals surface area contributed by atoms with E-state index in [2.05, 4.69) is 0 Å². The molecule has 10 heteroatoms. The first-order valence-electron chi connectivity index (χ1n) is 6.60. The zero-order valence-corrected chi connectivity index (χ0v) is 13.3. The van der Waals surface area contributed by atoms with Gasteiger partial charge in [0.15, 0.2) is 28.2 Å². The molecule has 0 aromatic heterocycles. The molecule has 0 aliphatic rings. The molecule has 0 fully saturated rings. The molecule has 4 nitrogen and oxygen atoms in total. The number of phenols is 1. The molecule has 0 aliphatic heterocycles. The van der Waals surface area contributed by atoms with Crippen molar-refractivity contribution in [3.8, 4) is 5.75 Å². The Morgan fingerprint density at radius 3 is 1.96 bits per heavy atom. The normalized spacial score (nSPS) is 11.9. The number of allylic oxidation sites excluding steroid dienone is 1. The van der Waals surface area contributed by atoms with E-state index in [4.69, 9.17) is 0 Å². The van der Waals surface area contributed by atoms with Crippen LogP contribution in [-0.4, -0.2) is 13.5 Å². The predicted molar refractivity (Wildman–Crippen MR) is 79.9 cm³/mol. The van der Waals surface area contributed by atoms with Crippen LogP contribution in [0.1, 0.15) is 12.5 Å². The van der Waals surface area contributed by atoms with Crippen LogP contribution in [0.15, 0.2) is 29.2 Å². The number of phenolic OH excluding ortho intramolecular Hbond substituents is 1. The van der Waals surface area contributed by atoms with E-state index >= 15 is 0 Å². The highest BCUT2D eigenvalue weighted by atomic mass is 32.2. The first-order valence-corrected chi connectivity index (χ1v) is 8.08. The number of nitrogens with one attached hydrogen (secondary N) is 1. The largest absolute Gasteiger partial charge is 0.507 e. The summed E-state index contributed by atoms with van der Waals surface area (Å²) in [5.74, 6) is -12.6. The van der Waals surface area contributed by atoms with Gasteiger partial charge in [-0.25, -0.2) is 30.4 Å². The van der Waals surface area contributed by atoms with Crippen molar-refractivity contribution < 1.29 is 35.5 Å². The summed E-state index contributed by atoms with van der Waals surface area (Å²) in [6, 6.07) is 3.34. The Labute approximate surface area is 139 Å². The van der Waals surface area contributed by atoms with E-state index in [9.17, 15) is 35.5 Å². The first-order chi connectivity index (χ1) is 11.6. The lowest BCUT2D eigenvalue weighted by Gasteiger charge is -2.12. The Morgan fingerprint density at radius 2 is 1.48 bits per heavy atom. The van der Waals surface area contributed by atoms with E-state index in [0.717, 1.165) is 12.1 Å². The lowest BCUT2D eigenvalue weighted by molar-refractivity contribution is 0.358. The fourth-order valence-corrected chi connectivity index (χ4v) is 3.14. The summed E-state index contributed by atoms with van der Waals surface area (Å²) < 4.78 is 92.4. The quantitative estimate of drug-likeness (QED) is 0.481. The zero-order chi connectivity index (χ0) is 18.9. The number of hydrogen-bond acceptors (Lipinski definition) is 3. The number of aromatic hydroxyl groups is 1. The van der Waals surface area contributed by atoms with Gasteiger partial charge in [-0.1, -0.05) is 12.2 Å². The van der Waals surface area contributed by atoms with Gasteiger partial charge in [0, 0.05) is 11.6 Å². The van der Waals surface area contributed by atoms with Crippen LogP contribution >= 0.6 is 0 Å². The molecule has 2 aromatic carbocycles. The van der Waals surface area contributed by atoms with Gasteiger partial charge in [0.05, 0.1) is 5.69 Å². The highest BCUT2D eigenvalue weighted by Crippen LogP contribution is 2.29. The third kappa shape index (κ3) is 3.43. The van der Waals surface area contributed by atoms with E-state index in [1.165, 1.54) is 12.1 Å². The minimum Gasteiger partial charge on any atom is -0.507 e. The van der Waals surface area contributed by atoms with Crippen LogP contribution in [0.5, 0.6) is 5.75 Å². The molecule has 0 spiro atoms. The second-order valence-electron chi connectivity index (χ2n) is 4.78. The van der Waals surface area contributed by atoms with Crippen LogP contribution in [0.3, 0.4) is 0 Å². The van der Waals surface area contributed by atoms with Gasteiger partial charge in [0.1, 0.15) is 5.75 Å². The Kier molecular flexibility index (Phi) is 5.02. The monoisotopic (exact) mass is 379 g/mol. The van der Waals surface area contributed by atoms with E-state index < -0.39 is 44.0 Å².